The molecule has 10 aromatic rings. The van der Waals surface area contributed by atoms with Gasteiger partial charge in [-0.3, -0.25) is 0 Å². The lowest BCUT2D eigenvalue weighted by Gasteiger charge is -2.31. The summed E-state index contributed by atoms with van der Waals surface area (Å²) in [6, 6.07) is 72.6. The zero-order valence-corrected chi connectivity index (χ0v) is 33.3. The number of nitriles is 2. The van der Waals surface area contributed by atoms with E-state index < -0.39 is 0 Å². The molecule has 10 rings (SSSR count). The van der Waals surface area contributed by atoms with Crippen LogP contribution in [-0.2, 0) is 0 Å². The molecule has 0 spiro atoms. The quantitative estimate of drug-likeness (QED) is 0.145. The summed E-state index contributed by atoms with van der Waals surface area (Å²) < 4.78 is 0. The number of hydrogen-bond donors (Lipinski definition) is 0. The van der Waals surface area contributed by atoms with Crippen LogP contribution in [0.3, 0.4) is 0 Å². The highest BCUT2D eigenvalue weighted by molar-refractivity contribution is 6.28. The van der Waals surface area contributed by atoms with Crippen LogP contribution < -0.4 is 9.80 Å². The van der Waals surface area contributed by atoms with Crippen molar-refractivity contribution < 1.29 is 0 Å². The second-order valence-corrected chi connectivity index (χ2v) is 15.2. The van der Waals surface area contributed by atoms with Crippen LogP contribution in [0.5, 0.6) is 0 Å². The first kappa shape index (κ1) is 36.2. The van der Waals surface area contributed by atoms with Crippen molar-refractivity contribution in [2.45, 2.75) is 13.8 Å². The van der Waals surface area contributed by atoms with Crippen molar-refractivity contribution in [3.63, 3.8) is 0 Å². The van der Waals surface area contributed by atoms with Crippen molar-refractivity contribution in [1.82, 2.24) is 0 Å². The van der Waals surface area contributed by atoms with E-state index in [-0.39, 0.29) is 0 Å². The summed E-state index contributed by atoms with van der Waals surface area (Å²) in [6.07, 6.45) is 0. The van der Waals surface area contributed by atoms with Gasteiger partial charge in [-0.25, -0.2) is 0 Å². The number of benzene rings is 10. The standard InChI is InChI=1S/C56H38N4/c1-37-11-3-5-13-45(37)47-15-7-9-17-51(47)59(43-27-19-39(35-57)20-28-43)53-33-25-41-24-32-50-54(34-26-42-23-31-49(53)55(41)56(42)50)60(44-29-21-40(36-58)22-30-44)52-18-10-8-16-48(52)46-14-6-4-12-38(46)2/h3-34H,1-2H3. The zero-order valence-electron chi connectivity index (χ0n) is 33.3. The van der Waals surface area contributed by atoms with Gasteiger partial charge in [0.1, 0.15) is 0 Å². The lowest BCUT2D eigenvalue weighted by Crippen LogP contribution is -2.13. The first-order valence-corrected chi connectivity index (χ1v) is 20.1. The summed E-state index contributed by atoms with van der Waals surface area (Å²) in [6.45, 7) is 4.32. The highest BCUT2D eigenvalue weighted by atomic mass is 15.2. The molecule has 0 saturated heterocycles. The number of para-hydroxylation sites is 2. The molecule has 10 aromatic carbocycles. The molecule has 0 unspecified atom stereocenters. The number of hydrogen-bond acceptors (Lipinski definition) is 4. The Balaban J connectivity index is 1.25. The van der Waals surface area contributed by atoms with Gasteiger partial charge in [-0.15, -0.1) is 0 Å². The summed E-state index contributed by atoms with van der Waals surface area (Å²) in [5.41, 5.74) is 14.3. The van der Waals surface area contributed by atoms with Crippen LogP contribution in [0.1, 0.15) is 22.3 Å². The van der Waals surface area contributed by atoms with E-state index in [1.165, 1.54) is 33.0 Å². The van der Waals surface area contributed by atoms with Gasteiger partial charge < -0.3 is 9.80 Å². The van der Waals surface area contributed by atoms with Crippen molar-refractivity contribution in [1.29, 1.82) is 10.5 Å². The number of anilines is 6. The van der Waals surface area contributed by atoms with Gasteiger partial charge in [0.15, 0.2) is 0 Å². The van der Waals surface area contributed by atoms with E-state index in [2.05, 4.69) is 181 Å². The second-order valence-electron chi connectivity index (χ2n) is 15.2. The van der Waals surface area contributed by atoms with Gasteiger partial charge >= 0.3 is 0 Å². The molecule has 60 heavy (non-hydrogen) atoms. The average molecular weight is 767 g/mol. The molecule has 0 aliphatic heterocycles. The number of aryl methyl sites for hydroxylation is 2. The van der Waals surface area contributed by atoms with Crippen molar-refractivity contribution in [3.8, 4) is 34.4 Å². The van der Waals surface area contributed by atoms with Crippen molar-refractivity contribution >= 4 is 66.4 Å². The maximum absolute atomic E-state index is 9.76. The highest BCUT2D eigenvalue weighted by Crippen LogP contribution is 2.50. The van der Waals surface area contributed by atoms with E-state index in [0.717, 1.165) is 66.8 Å². The predicted octanol–water partition coefficient (Wildman–Crippen LogP) is 15.2. The summed E-state index contributed by atoms with van der Waals surface area (Å²) >= 11 is 0. The Morgan fingerprint density at radius 2 is 0.683 bits per heavy atom. The Kier molecular flexibility index (Phi) is 9.02. The maximum Gasteiger partial charge on any atom is 0.0991 e. The molecule has 0 radical (unpaired) electrons. The summed E-state index contributed by atoms with van der Waals surface area (Å²) in [7, 11) is 0. The van der Waals surface area contributed by atoms with Gasteiger partial charge in [-0.2, -0.15) is 10.5 Å². The van der Waals surface area contributed by atoms with Crippen LogP contribution >= 0.6 is 0 Å². The first-order valence-electron chi connectivity index (χ1n) is 20.1. The molecule has 0 aliphatic carbocycles. The molecule has 4 nitrogen and oxygen atoms in total. The normalized spacial score (nSPS) is 11.1. The van der Waals surface area contributed by atoms with Crippen molar-refractivity contribution in [2.75, 3.05) is 9.80 Å². The van der Waals surface area contributed by atoms with Crippen LogP contribution in [0.4, 0.5) is 34.1 Å². The van der Waals surface area contributed by atoms with Gasteiger partial charge in [0.2, 0.25) is 0 Å². The van der Waals surface area contributed by atoms with Crippen LogP contribution in [-0.4, -0.2) is 0 Å². The van der Waals surface area contributed by atoms with Gasteiger partial charge in [0, 0.05) is 33.3 Å². The maximum atomic E-state index is 9.76. The van der Waals surface area contributed by atoms with Gasteiger partial charge in [-0.1, -0.05) is 121 Å². The lowest BCUT2D eigenvalue weighted by atomic mass is 9.91. The molecular weight excluding hydrogens is 729 g/mol. The molecule has 0 aliphatic rings. The molecule has 0 aromatic heterocycles. The minimum absolute atomic E-state index is 0.615. The smallest absolute Gasteiger partial charge is 0.0991 e. The molecule has 4 heteroatoms. The summed E-state index contributed by atoms with van der Waals surface area (Å²) in [4.78, 5) is 4.69. The zero-order chi connectivity index (χ0) is 40.7. The van der Waals surface area contributed by atoms with E-state index in [4.69, 9.17) is 0 Å². The van der Waals surface area contributed by atoms with Gasteiger partial charge in [0.25, 0.3) is 0 Å². The topological polar surface area (TPSA) is 54.1 Å². The Bertz CT molecular complexity index is 3090. The largest absolute Gasteiger partial charge is 0.309 e. The third kappa shape index (κ3) is 6.07. The molecule has 0 saturated carbocycles. The van der Waals surface area contributed by atoms with E-state index in [0.29, 0.717) is 11.1 Å². The highest BCUT2D eigenvalue weighted by Gasteiger charge is 2.24. The number of rotatable bonds is 8. The fourth-order valence-electron chi connectivity index (χ4n) is 8.89. The van der Waals surface area contributed by atoms with E-state index in [1.807, 2.05) is 48.5 Å². The van der Waals surface area contributed by atoms with Crippen LogP contribution in [0, 0.1) is 36.5 Å². The third-order valence-corrected chi connectivity index (χ3v) is 11.8. The molecule has 0 fully saturated rings. The molecule has 0 bridgehead atoms. The Labute approximate surface area is 350 Å². The average Bonchev–Trinajstić information content (AvgIpc) is 3.30. The SMILES string of the molecule is Cc1ccccc1-c1ccccc1N(c1ccc(C#N)cc1)c1ccc2ccc3c(N(c4ccc(C#N)cc4)c4ccccc4-c4ccccc4C)ccc4ccc1c2c43. The number of nitrogens with zero attached hydrogens (tertiary/aromatic N) is 4. The molecule has 0 heterocycles. The van der Waals surface area contributed by atoms with E-state index >= 15 is 0 Å². The molecule has 0 N–H and O–H groups in total. The fourth-order valence-corrected chi connectivity index (χ4v) is 8.89. The Morgan fingerprint density at radius 1 is 0.333 bits per heavy atom. The van der Waals surface area contributed by atoms with Crippen molar-refractivity contribution in [2.24, 2.45) is 0 Å². The predicted molar refractivity (Wildman–Crippen MR) is 249 cm³/mol. The van der Waals surface area contributed by atoms with Crippen LogP contribution in [0.2, 0.25) is 0 Å². The third-order valence-electron chi connectivity index (χ3n) is 11.8. The lowest BCUT2D eigenvalue weighted by molar-refractivity contribution is 1.29. The van der Waals surface area contributed by atoms with Crippen molar-refractivity contribution in [3.05, 3.63) is 216 Å². The molecular formula is C56H38N4. The minimum Gasteiger partial charge on any atom is -0.309 e. The summed E-state index contributed by atoms with van der Waals surface area (Å²) in [5.74, 6) is 0. The molecule has 0 atom stereocenters. The Hall–Kier alpha value is -8.18. The van der Waals surface area contributed by atoms with Gasteiger partial charge in [0.05, 0.1) is 46.0 Å². The van der Waals surface area contributed by atoms with E-state index in [1.54, 1.807) is 0 Å². The fraction of sp³-hybridized carbons (Fsp3) is 0.0357. The minimum atomic E-state index is 0.615. The first-order chi connectivity index (χ1) is 29.5. The second kappa shape index (κ2) is 15.0. The van der Waals surface area contributed by atoms with Gasteiger partial charge in [-0.05, 0) is 130 Å². The Morgan fingerprint density at radius 3 is 1.07 bits per heavy atom. The van der Waals surface area contributed by atoms with Crippen LogP contribution in [0.15, 0.2) is 194 Å². The molecule has 0 amide bonds. The molecule has 282 valence electrons. The monoisotopic (exact) mass is 766 g/mol. The van der Waals surface area contributed by atoms with Crippen LogP contribution in [0.25, 0.3) is 54.6 Å². The summed E-state index contributed by atoms with van der Waals surface area (Å²) in [5, 5.41) is 26.4. The van der Waals surface area contributed by atoms with E-state index in [9.17, 15) is 10.5 Å².